The van der Waals surface area contributed by atoms with Crippen molar-refractivity contribution >= 4 is 5.91 Å². The van der Waals surface area contributed by atoms with Crippen LogP contribution in [0.15, 0.2) is 24.3 Å². The van der Waals surface area contributed by atoms with Gasteiger partial charge in [0.1, 0.15) is 0 Å². The molecule has 19 heavy (non-hydrogen) atoms. The quantitative estimate of drug-likeness (QED) is 0.893. The van der Waals surface area contributed by atoms with Crippen molar-refractivity contribution in [1.82, 2.24) is 10.2 Å². The highest BCUT2D eigenvalue weighted by Gasteiger charge is 2.31. The summed E-state index contributed by atoms with van der Waals surface area (Å²) in [7, 11) is 1.83. The van der Waals surface area contributed by atoms with Crippen LogP contribution in [0, 0.1) is 17.2 Å². The summed E-state index contributed by atoms with van der Waals surface area (Å²) in [6.07, 6.45) is 1.06. The standard InChI is InChI=1S/C15H19N3O/c1-11-7-8-17-14(11)15(19)18(2)10-13-5-3-12(9-16)4-6-13/h3-6,11,14,17H,7-8,10H2,1-2H3. The molecule has 0 aromatic heterocycles. The highest BCUT2D eigenvalue weighted by molar-refractivity contribution is 5.82. The maximum Gasteiger partial charge on any atom is 0.240 e. The minimum atomic E-state index is -0.0524. The van der Waals surface area contributed by atoms with Gasteiger partial charge in [-0.2, -0.15) is 5.26 Å². The third kappa shape index (κ3) is 3.12. The van der Waals surface area contributed by atoms with Gasteiger partial charge in [0.15, 0.2) is 0 Å². The number of benzene rings is 1. The van der Waals surface area contributed by atoms with E-state index in [2.05, 4.69) is 18.3 Å². The van der Waals surface area contributed by atoms with E-state index in [-0.39, 0.29) is 11.9 Å². The van der Waals surface area contributed by atoms with E-state index in [9.17, 15) is 4.79 Å². The van der Waals surface area contributed by atoms with Crippen molar-refractivity contribution in [1.29, 1.82) is 5.26 Å². The molecule has 2 atom stereocenters. The Labute approximate surface area is 114 Å². The van der Waals surface area contributed by atoms with E-state index in [4.69, 9.17) is 5.26 Å². The molecule has 1 amide bonds. The number of amides is 1. The molecule has 0 bridgehead atoms. The van der Waals surface area contributed by atoms with Gasteiger partial charge in [-0.3, -0.25) is 4.79 Å². The van der Waals surface area contributed by atoms with Gasteiger partial charge in [0.25, 0.3) is 0 Å². The first-order valence-corrected chi connectivity index (χ1v) is 6.59. The van der Waals surface area contributed by atoms with Gasteiger partial charge in [0, 0.05) is 13.6 Å². The zero-order valence-corrected chi connectivity index (χ0v) is 11.4. The van der Waals surface area contributed by atoms with Crippen LogP contribution in [0.1, 0.15) is 24.5 Å². The summed E-state index contributed by atoms with van der Waals surface area (Å²) in [4.78, 5) is 14.0. The molecule has 1 aliphatic rings. The van der Waals surface area contributed by atoms with Crippen LogP contribution in [0.25, 0.3) is 0 Å². The molecular formula is C15H19N3O. The summed E-state index contributed by atoms with van der Waals surface area (Å²) < 4.78 is 0. The molecule has 4 nitrogen and oxygen atoms in total. The summed E-state index contributed by atoms with van der Waals surface area (Å²) in [5, 5.41) is 12.0. The number of carbonyl (C=O) groups is 1. The van der Waals surface area contributed by atoms with E-state index in [1.54, 1.807) is 17.0 Å². The van der Waals surface area contributed by atoms with E-state index < -0.39 is 0 Å². The van der Waals surface area contributed by atoms with E-state index in [1.807, 2.05) is 19.2 Å². The number of rotatable bonds is 3. The lowest BCUT2D eigenvalue weighted by molar-refractivity contribution is -0.133. The lowest BCUT2D eigenvalue weighted by Crippen LogP contribution is -2.43. The number of carbonyl (C=O) groups excluding carboxylic acids is 1. The summed E-state index contributed by atoms with van der Waals surface area (Å²) >= 11 is 0. The summed E-state index contributed by atoms with van der Waals surface area (Å²) in [5.74, 6) is 0.547. The monoisotopic (exact) mass is 257 g/mol. The topological polar surface area (TPSA) is 56.1 Å². The van der Waals surface area contributed by atoms with Crippen molar-refractivity contribution < 1.29 is 4.79 Å². The molecule has 0 aliphatic carbocycles. The molecular weight excluding hydrogens is 238 g/mol. The van der Waals surface area contributed by atoms with Crippen LogP contribution >= 0.6 is 0 Å². The molecule has 1 aromatic carbocycles. The van der Waals surface area contributed by atoms with Gasteiger partial charge in [-0.15, -0.1) is 0 Å². The smallest absolute Gasteiger partial charge is 0.240 e. The van der Waals surface area contributed by atoms with Gasteiger partial charge in [-0.25, -0.2) is 0 Å². The Balaban J connectivity index is 1.98. The van der Waals surface area contributed by atoms with Crippen molar-refractivity contribution in [3.63, 3.8) is 0 Å². The number of likely N-dealkylation sites (N-methyl/N-ethyl adjacent to an activating group) is 1. The van der Waals surface area contributed by atoms with E-state index in [0.717, 1.165) is 18.5 Å². The maximum absolute atomic E-state index is 12.3. The summed E-state index contributed by atoms with van der Waals surface area (Å²) in [6, 6.07) is 9.39. The second-order valence-corrected chi connectivity index (χ2v) is 5.20. The first-order chi connectivity index (χ1) is 9.11. The first kappa shape index (κ1) is 13.6. The lowest BCUT2D eigenvalue weighted by Gasteiger charge is -2.23. The molecule has 1 heterocycles. The Bertz CT molecular complexity index is 489. The molecule has 2 rings (SSSR count). The number of nitrogens with zero attached hydrogens (tertiary/aromatic N) is 2. The number of hydrogen-bond acceptors (Lipinski definition) is 3. The molecule has 2 unspecified atom stereocenters. The maximum atomic E-state index is 12.3. The van der Waals surface area contributed by atoms with Crippen LogP contribution < -0.4 is 5.32 Å². The molecule has 0 spiro atoms. The van der Waals surface area contributed by atoms with Gasteiger partial charge in [-0.05, 0) is 36.6 Å². The van der Waals surface area contributed by atoms with Crippen LogP contribution in [0.3, 0.4) is 0 Å². The molecule has 0 radical (unpaired) electrons. The Morgan fingerprint density at radius 2 is 2.16 bits per heavy atom. The third-order valence-corrected chi connectivity index (χ3v) is 3.68. The highest BCUT2D eigenvalue weighted by atomic mass is 16.2. The Morgan fingerprint density at radius 3 is 2.68 bits per heavy atom. The normalized spacial score (nSPS) is 21.9. The van der Waals surface area contributed by atoms with Crippen molar-refractivity contribution in [3.8, 4) is 6.07 Å². The third-order valence-electron chi connectivity index (χ3n) is 3.68. The fraction of sp³-hybridized carbons (Fsp3) is 0.467. The van der Waals surface area contributed by atoms with E-state index >= 15 is 0 Å². The minimum Gasteiger partial charge on any atom is -0.340 e. The molecule has 1 aliphatic heterocycles. The number of nitrogens with one attached hydrogen (secondary N) is 1. The molecule has 1 saturated heterocycles. The van der Waals surface area contributed by atoms with Crippen molar-refractivity contribution in [2.45, 2.75) is 25.9 Å². The van der Waals surface area contributed by atoms with Crippen LogP contribution in [0.5, 0.6) is 0 Å². The van der Waals surface area contributed by atoms with Gasteiger partial charge < -0.3 is 10.2 Å². The Morgan fingerprint density at radius 1 is 1.47 bits per heavy atom. The van der Waals surface area contributed by atoms with Crippen LogP contribution in [-0.2, 0) is 11.3 Å². The second kappa shape index (κ2) is 5.85. The molecule has 1 N–H and O–H groups in total. The van der Waals surface area contributed by atoms with Gasteiger partial charge in [0.2, 0.25) is 5.91 Å². The number of hydrogen-bond donors (Lipinski definition) is 1. The SMILES string of the molecule is CC1CCNC1C(=O)N(C)Cc1ccc(C#N)cc1. The Hall–Kier alpha value is -1.86. The zero-order valence-electron chi connectivity index (χ0n) is 11.4. The average Bonchev–Trinajstić information content (AvgIpc) is 2.85. The van der Waals surface area contributed by atoms with Crippen molar-refractivity contribution in [3.05, 3.63) is 35.4 Å². The predicted octanol–water partition coefficient (Wildman–Crippen LogP) is 1.51. The molecule has 1 aromatic rings. The fourth-order valence-electron chi connectivity index (χ4n) is 2.44. The van der Waals surface area contributed by atoms with E-state index in [1.165, 1.54) is 0 Å². The van der Waals surface area contributed by atoms with Crippen molar-refractivity contribution in [2.24, 2.45) is 5.92 Å². The lowest BCUT2D eigenvalue weighted by atomic mass is 10.0. The molecule has 1 fully saturated rings. The van der Waals surface area contributed by atoms with Gasteiger partial charge in [0.05, 0.1) is 17.7 Å². The molecule has 4 heteroatoms. The number of nitriles is 1. The van der Waals surface area contributed by atoms with Crippen LogP contribution in [0.2, 0.25) is 0 Å². The van der Waals surface area contributed by atoms with Gasteiger partial charge >= 0.3 is 0 Å². The molecule has 100 valence electrons. The average molecular weight is 257 g/mol. The van der Waals surface area contributed by atoms with Crippen LogP contribution in [-0.4, -0.2) is 30.4 Å². The largest absolute Gasteiger partial charge is 0.340 e. The second-order valence-electron chi connectivity index (χ2n) is 5.20. The van der Waals surface area contributed by atoms with Crippen LogP contribution in [0.4, 0.5) is 0 Å². The molecule has 0 saturated carbocycles. The predicted molar refractivity (Wildman–Crippen MR) is 73.2 cm³/mol. The van der Waals surface area contributed by atoms with Gasteiger partial charge in [-0.1, -0.05) is 19.1 Å². The summed E-state index contributed by atoms with van der Waals surface area (Å²) in [5.41, 5.74) is 1.68. The first-order valence-electron chi connectivity index (χ1n) is 6.59. The minimum absolute atomic E-state index is 0.0524. The summed E-state index contributed by atoms with van der Waals surface area (Å²) in [6.45, 7) is 3.61. The van der Waals surface area contributed by atoms with E-state index in [0.29, 0.717) is 18.0 Å². The Kier molecular flexibility index (Phi) is 4.18. The van der Waals surface area contributed by atoms with Crippen molar-refractivity contribution in [2.75, 3.05) is 13.6 Å². The zero-order chi connectivity index (χ0) is 13.8. The fourth-order valence-corrected chi connectivity index (χ4v) is 2.44. The highest BCUT2D eigenvalue weighted by Crippen LogP contribution is 2.17.